The summed E-state index contributed by atoms with van der Waals surface area (Å²) in [4.78, 5) is 16.7. The van der Waals surface area contributed by atoms with E-state index in [0.717, 1.165) is 22.6 Å². The largest absolute Gasteiger partial charge is 0.457 e. The van der Waals surface area contributed by atoms with Crippen LogP contribution in [0.2, 0.25) is 0 Å². The van der Waals surface area contributed by atoms with Crippen LogP contribution in [0.25, 0.3) is 11.3 Å². The van der Waals surface area contributed by atoms with Crippen molar-refractivity contribution in [3.63, 3.8) is 0 Å². The summed E-state index contributed by atoms with van der Waals surface area (Å²) in [5.41, 5.74) is 3.42. The Labute approximate surface area is 168 Å². The first-order valence-corrected chi connectivity index (χ1v) is 9.22. The van der Waals surface area contributed by atoms with Crippen molar-refractivity contribution in [2.75, 3.05) is 0 Å². The second-order valence-electron chi connectivity index (χ2n) is 6.54. The average molecular weight is 384 g/mol. The zero-order valence-corrected chi connectivity index (χ0v) is 15.9. The predicted octanol–water partition coefficient (Wildman–Crippen LogP) is 4.20. The van der Waals surface area contributed by atoms with Gasteiger partial charge in [-0.2, -0.15) is 5.10 Å². The van der Waals surface area contributed by atoms with Crippen molar-refractivity contribution in [2.24, 2.45) is 7.05 Å². The van der Waals surface area contributed by atoms with E-state index in [0.29, 0.717) is 17.9 Å². The average Bonchev–Trinajstić information content (AvgIpc) is 3.19. The lowest BCUT2D eigenvalue weighted by Gasteiger charge is -2.09. The van der Waals surface area contributed by atoms with Crippen molar-refractivity contribution >= 4 is 5.91 Å². The molecule has 6 heteroatoms. The van der Waals surface area contributed by atoms with Gasteiger partial charge in [-0.3, -0.25) is 14.5 Å². The van der Waals surface area contributed by atoms with E-state index in [1.807, 2.05) is 49.5 Å². The van der Waals surface area contributed by atoms with Gasteiger partial charge < -0.3 is 10.1 Å². The number of carbonyl (C=O) groups is 1. The Balaban J connectivity index is 1.38. The first-order valence-electron chi connectivity index (χ1n) is 9.22. The van der Waals surface area contributed by atoms with E-state index < -0.39 is 0 Å². The van der Waals surface area contributed by atoms with Gasteiger partial charge in [0.2, 0.25) is 0 Å². The van der Waals surface area contributed by atoms with E-state index in [4.69, 9.17) is 4.74 Å². The molecule has 1 N–H and O–H groups in total. The van der Waals surface area contributed by atoms with Crippen LogP contribution in [0.5, 0.6) is 11.5 Å². The minimum absolute atomic E-state index is 0.151. The summed E-state index contributed by atoms with van der Waals surface area (Å²) in [5.74, 6) is 1.29. The number of nitrogens with zero attached hydrogens (tertiary/aromatic N) is 3. The fourth-order valence-corrected chi connectivity index (χ4v) is 2.96. The highest BCUT2D eigenvalue weighted by molar-refractivity contribution is 5.94. The van der Waals surface area contributed by atoms with E-state index in [2.05, 4.69) is 15.4 Å². The first-order chi connectivity index (χ1) is 14.2. The number of pyridine rings is 1. The van der Waals surface area contributed by atoms with Crippen LogP contribution >= 0.6 is 0 Å². The zero-order valence-electron chi connectivity index (χ0n) is 15.9. The standard InChI is InChI=1S/C23H20N4O2/c1-27-22(11-12-26-27)19-13-17(14-24-16-19)15-25-23(28)18-7-9-21(10-8-18)29-20-5-3-2-4-6-20/h2-14,16H,15H2,1H3,(H,25,28). The maximum atomic E-state index is 12.5. The van der Waals surface area contributed by atoms with Crippen molar-refractivity contribution in [2.45, 2.75) is 6.54 Å². The highest BCUT2D eigenvalue weighted by Crippen LogP contribution is 2.21. The van der Waals surface area contributed by atoms with E-state index in [1.54, 1.807) is 47.5 Å². The molecule has 1 amide bonds. The minimum Gasteiger partial charge on any atom is -0.457 e. The highest BCUT2D eigenvalue weighted by atomic mass is 16.5. The maximum absolute atomic E-state index is 12.5. The number of benzene rings is 2. The molecule has 0 saturated carbocycles. The van der Waals surface area contributed by atoms with Gasteiger partial charge in [0.05, 0.1) is 5.69 Å². The van der Waals surface area contributed by atoms with Crippen LogP contribution < -0.4 is 10.1 Å². The van der Waals surface area contributed by atoms with E-state index in [9.17, 15) is 4.79 Å². The van der Waals surface area contributed by atoms with Gasteiger partial charge in [-0.25, -0.2) is 0 Å². The number of carbonyl (C=O) groups excluding carboxylic acids is 1. The van der Waals surface area contributed by atoms with Crippen LogP contribution in [0.15, 0.2) is 85.3 Å². The lowest BCUT2D eigenvalue weighted by molar-refractivity contribution is 0.0951. The fraction of sp³-hybridized carbons (Fsp3) is 0.0870. The van der Waals surface area contributed by atoms with Gasteiger partial charge in [0.1, 0.15) is 11.5 Å². The first kappa shape index (κ1) is 18.4. The number of rotatable bonds is 6. The number of para-hydroxylation sites is 1. The normalized spacial score (nSPS) is 10.5. The van der Waals surface area contributed by atoms with Gasteiger partial charge in [0, 0.05) is 43.3 Å². The molecule has 0 aliphatic heterocycles. The molecule has 0 fully saturated rings. The molecule has 0 atom stereocenters. The monoisotopic (exact) mass is 384 g/mol. The number of aryl methyl sites for hydroxylation is 1. The Morgan fingerprint density at radius 1 is 1.00 bits per heavy atom. The third-order valence-electron chi connectivity index (χ3n) is 4.46. The molecule has 0 bridgehead atoms. The Bertz CT molecular complexity index is 1110. The summed E-state index contributed by atoms with van der Waals surface area (Å²) in [6.07, 6.45) is 5.28. The second kappa shape index (κ2) is 8.39. The number of nitrogens with one attached hydrogen (secondary N) is 1. The fourth-order valence-electron chi connectivity index (χ4n) is 2.96. The van der Waals surface area contributed by atoms with E-state index >= 15 is 0 Å². The van der Waals surface area contributed by atoms with Gasteiger partial charge in [-0.1, -0.05) is 18.2 Å². The molecule has 4 rings (SSSR count). The van der Waals surface area contributed by atoms with Gasteiger partial charge in [-0.15, -0.1) is 0 Å². The minimum atomic E-state index is -0.151. The van der Waals surface area contributed by atoms with Gasteiger partial charge >= 0.3 is 0 Å². The second-order valence-corrected chi connectivity index (χ2v) is 6.54. The van der Waals surface area contributed by atoms with Crippen molar-refractivity contribution in [3.05, 3.63) is 96.4 Å². The molecule has 4 aromatic rings. The van der Waals surface area contributed by atoms with Gasteiger partial charge in [0.25, 0.3) is 5.91 Å². The molecule has 144 valence electrons. The van der Waals surface area contributed by atoms with E-state index in [1.165, 1.54) is 0 Å². The number of hydrogen-bond donors (Lipinski definition) is 1. The lowest BCUT2D eigenvalue weighted by atomic mass is 10.1. The van der Waals surface area contributed by atoms with Crippen molar-refractivity contribution in [1.82, 2.24) is 20.1 Å². The molecule has 2 aromatic heterocycles. The quantitative estimate of drug-likeness (QED) is 0.541. The number of hydrogen-bond acceptors (Lipinski definition) is 4. The maximum Gasteiger partial charge on any atom is 0.251 e. The Hall–Kier alpha value is -3.93. The molecule has 2 aromatic carbocycles. The van der Waals surface area contributed by atoms with Crippen LogP contribution in [-0.4, -0.2) is 20.7 Å². The van der Waals surface area contributed by atoms with Crippen LogP contribution in [0.4, 0.5) is 0 Å². The topological polar surface area (TPSA) is 69.0 Å². The zero-order chi connectivity index (χ0) is 20.1. The summed E-state index contributed by atoms with van der Waals surface area (Å²) < 4.78 is 7.54. The molecule has 0 aliphatic carbocycles. The van der Waals surface area contributed by atoms with Crippen molar-refractivity contribution in [3.8, 4) is 22.8 Å². The number of aromatic nitrogens is 3. The molecule has 0 radical (unpaired) electrons. The molecule has 0 unspecified atom stereocenters. The molecule has 0 saturated heterocycles. The smallest absolute Gasteiger partial charge is 0.251 e. The van der Waals surface area contributed by atoms with Crippen LogP contribution in [0, 0.1) is 0 Å². The van der Waals surface area contributed by atoms with Gasteiger partial charge in [0.15, 0.2) is 0 Å². The molecule has 2 heterocycles. The summed E-state index contributed by atoms with van der Waals surface area (Å²) in [6.45, 7) is 0.389. The van der Waals surface area contributed by atoms with Crippen molar-refractivity contribution < 1.29 is 9.53 Å². The van der Waals surface area contributed by atoms with Crippen molar-refractivity contribution in [1.29, 1.82) is 0 Å². The summed E-state index contributed by atoms with van der Waals surface area (Å²) >= 11 is 0. The molecule has 0 spiro atoms. The Morgan fingerprint density at radius 3 is 2.48 bits per heavy atom. The summed E-state index contributed by atoms with van der Waals surface area (Å²) in [6, 6.07) is 20.5. The number of amides is 1. The van der Waals surface area contributed by atoms with E-state index in [-0.39, 0.29) is 5.91 Å². The highest BCUT2D eigenvalue weighted by Gasteiger charge is 2.08. The SMILES string of the molecule is Cn1nccc1-c1cncc(CNC(=O)c2ccc(Oc3ccccc3)cc2)c1. The molecular formula is C23H20N4O2. The van der Waals surface area contributed by atoms with Crippen LogP contribution in [0.1, 0.15) is 15.9 Å². The number of ether oxygens (including phenoxy) is 1. The molecule has 6 nitrogen and oxygen atoms in total. The van der Waals surface area contributed by atoms with Gasteiger partial charge in [-0.05, 0) is 54.1 Å². The molecule has 0 aliphatic rings. The molecular weight excluding hydrogens is 364 g/mol. The third kappa shape index (κ3) is 4.50. The summed E-state index contributed by atoms with van der Waals surface area (Å²) in [5, 5.41) is 7.11. The lowest BCUT2D eigenvalue weighted by Crippen LogP contribution is -2.22. The van der Waals surface area contributed by atoms with Crippen LogP contribution in [-0.2, 0) is 13.6 Å². The Morgan fingerprint density at radius 2 is 1.76 bits per heavy atom. The predicted molar refractivity (Wildman–Crippen MR) is 111 cm³/mol. The molecule has 29 heavy (non-hydrogen) atoms. The van der Waals surface area contributed by atoms with Crippen LogP contribution in [0.3, 0.4) is 0 Å². The Kier molecular flexibility index (Phi) is 5.33. The summed E-state index contributed by atoms with van der Waals surface area (Å²) in [7, 11) is 1.88. The third-order valence-corrected chi connectivity index (χ3v) is 4.46.